The molecule has 0 amide bonds. The van der Waals surface area contributed by atoms with Crippen molar-refractivity contribution in [3.05, 3.63) is 0 Å². The molecule has 0 bridgehead atoms. The maximum Gasteiger partial charge on any atom is 0.0235 e. The van der Waals surface area contributed by atoms with Gasteiger partial charge in [0.15, 0.2) is 0 Å². The number of likely N-dealkylation sites (tertiary alicyclic amines) is 2. The molecule has 2 atom stereocenters. The molecule has 0 aromatic carbocycles. The maximum absolute atomic E-state index is 5.74. The lowest BCUT2D eigenvalue weighted by Gasteiger charge is -2.32. The number of nitrogens with zero attached hydrogens (tertiary/aromatic N) is 2. The van der Waals surface area contributed by atoms with Crippen LogP contribution in [0.5, 0.6) is 0 Å². The van der Waals surface area contributed by atoms with Crippen molar-refractivity contribution in [1.82, 2.24) is 9.80 Å². The Morgan fingerprint density at radius 1 is 1.05 bits per heavy atom. The summed E-state index contributed by atoms with van der Waals surface area (Å²) in [6.45, 7) is 9.85. The maximum atomic E-state index is 5.74. The highest BCUT2D eigenvalue weighted by atomic mass is 15.3. The molecule has 0 aliphatic carbocycles. The minimum absolute atomic E-state index is 0.862. The van der Waals surface area contributed by atoms with Crippen LogP contribution < -0.4 is 5.73 Å². The van der Waals surface area contributed by atoms with Gasteiger partial charge in [-0.15, -0.1) is 0 Å². The second-order valence-electron chi connectivity index (χ2n) is 7.21. The van der Waals surface area contributed by atoms with Crippen molar-refractivity contribution in [3.8, 4) is 0 Å². The van der Waals surface area contributed by atoms with E-state index < -0.39 is 0 Å². The average molecular weight is 296 g/mol. The van der Waals surface area contributed by atoms with Gasteiger partial charge in [-0.1, -0.05) is 26.2 Å². The third-order valence-electron chi connectivity index (χ3n) is 5.51. The van der Waals surface area contributed by atoms with Crippen LogP contribution in [-0.2, 0) is 0 Å². The summed E-state index contributed by atoms with van der Waals surface area (Å²) in [6.07, 6.45) is 12.4. The fourth-order valence-electron chi connectivity index (χ4n) is 4.28. The number of piperidine rings is 1. The van der Waals surface area contributed by atoms with E-state index in [4.69, 9.17) is 5.73 Å². The molecule has 2 N–H and O–H groups in total. The van der Waals surface area contributed by atoms with Crippen LogP contribution in [0.1, 0.15) is 64.7 Å². The first kappa shape index (κ1) is 17.2. The van der Waals surface area contributed by atoms with Gasteiger partial charge in [-0.2, -0.15) is 0 Å². The van der Waals surface area contributed by atoms with Gasteiger partial charge >= 0.3 is 0 Å². The lowest BCUT2D eigenvalue weighted by Crippen LogP contribution is -2.40. The molecule has 21 heavy (non-hydrogen) atoms. The Balaban J connectivity index is 1.61. The summed E-state index contributed by atoms with van der Waals surface area (Å²) in [4.78, 5) is 5.47. The Hall–Kier alpha value is -0.120. The highest BCUT2D eigenvalue weighted by Crippen LogP contribution is 2.22. The van der Waals surface area contributed by atoms with Crippen LogP contribution in [0.25, 0.3) is 0 Å². The van der Waals surface area contributed by atoms with Crippen LogP contribution >= 0.6 is 0 Å². The molecule has 2 unspecified atom stereocenters. The minimum atomic E-state index is 0.862. The van der Waals surface area contributed by atoms with E-state index in [1.54, 1.807) is 0 Å². The Kier molecular flexibility index (Phi) is 8.05. The normalized spacial score (nSPS) is 26.3. The Morgan fingerprint density at radius 3 is 2.57 bits per heavy atom. The van der Waals surface area contributed by atoms with Gasteiger partial charge in [-0.05, 0) is 77.2 Å². The average Bonchev–Trinajstić information content (AvgIpc) is 2.97. The van der Waals surface area contributed by atoms with Crippen LogP contribution in [0, 0.1) is 5.92 Å². The highest BCUT2D eigenvalue weighted by Gasteiger charge is 2.27. The van der Waals surface area contributed by atoms with Gasteiger partial charge in [0.05, 0.1) is 0 Å². The fraction of sp³-hybridized carbons (Fsp3) is 1.00. The lowest BCUT2D eigenvalue weighted by molar-refractivity contribution is 0.161. The van der Waals surface area contributed by atoms with E-state index in [-0.39, 0.29) is 0 Å². The number of rotatable bonds is 9. The van der Waals surface area contributed by atoms with E-state index in [9.17, 15) is 0 Å². The molecular weight excluding hydrogens is 258 g/mol. The lowest BCUT2D eigenvalue weighted by atomic mass is 9.94. The summed E-state index contributed by atoms with van der Waals surface area (Å²) in [5, 5.41) is 0. The first-order valence-electron chi connectivity index (χ1n) is 9.50. The Labute approximate surface area is 132 Å². The molecule has 2 saturated heterocycles. The summed E-state index contributed by atoms with van der Waals surface area (Å²) in [7, 11) is 0. The zero-order valence-electron chi connectivity index (χ0n) is 14.2. The summed E-state index contributed by atoms with van der Waals surface area (Å²) in [6, 6.07) is 0.862. The molecule has 2 rings (SSSR count). The first-order valence-corrected chi connectivity index (χ1v) is 9.50. The second-order valence-corrected chi connectivity index (χ2v) is 7.21. The zero-order chi connectivity index (χ0) is 14.9. The Bertz CT molecular complexity index is 257. The largest absolute Gasteiger partial charge is 0.330 e. The molecular formula is C18H37N3. The van der Waals surface area contributed by atoms with E-state index in [2.05, 4.69) is 16.7 Å². The Morgan fingerprint density at radius 2 is 1.86 bits per heavy atom. The quantitative estimate of drug-likeness (QED) is 0.709. The second kappa shape index (κ2) is 9.81. The molecule has 0 saturated carbocycles. The summed E-state index contributed by atoms with van der Waals surface area (Å²) in [5.74, 6) is 0.875. The number of hydrogen-bond donors (Lipinski definition) is 1. The first-order chi connectivity index (χ1) is 10.3. The van der Waals surface area contributed by atoms with Crippen molar-refractivity contribution in [3.63, 3.8) is 0 Å². The molecule has 0 radical (unpaired) electrons. The van der Waals surface area contributed by atoms with Crippen LogP contribution in [0.4, 0.5) is 0 Å². The van der Waals surface area contributed by atoms with Crippen LogP contribution in [0.15, 0.2) is 0 Å². The molecule has 2 aliphatic heterocycles. The molecule has 2 fully saturated rings. The topological polar surface area (TPSA) is 32.5 Å². The van der Waals surface area contributed by atoms with E-state index in [0.717, 1.165) is 18.5 Å². The molecule has 2 heterocycles. The predicted octanol–water partition coefficient (Wildman–Crippen LogP) is 3.09. The zero-order valence-corrected chi connectivity index (χ0v) is 14.2. The molecule has 2 aliphatic rings. The SMILES string of the molecule is CCCC(CCN)CCCN1CCC(N2CCCCC2)C1. The van der Waals surface area contributed by atoms with Crippen molar-refractivity contribution in [2.75, 3.05) is 39.3 Å². The fourth-order valence-corrected chi connectivity index (χ4v) is 4.28. The molecule has 0 spiro atoms. The van der Waals surface area contributed by atoms with Crippen LogP contribution in [0.2, 0.25) is 0 Å². The van der Waals surface area contributed by atoms with E-state index in [1.165, 1.54) is 90.5 Å². The molecule has 124 valence electrons. The van der Waals surface area contributed by atoms with Gasteiger partial charge in [0, 0.05) is 12.6 Å². The van der Waals surface area contributed by atoms with E-state index in [1.807, 2.05) is 0 Å². The third kappa shape index (κ3) is 5.88. The van der Waals surface area contributed by atoms with Gasteiger partial charge in [-0.3, -0.25) is 4.90 Å². The summed E-state index contributed by atoms with van der Waals surface area (Å²) in [5.41, 5.74) is 5.74. The van der Waals surface area contributed by atoms with Crippen LogP contribution in [-0.4, -0.2) is 55.1 Å². The third-order valence-corrected chi connectivity index (χ3v) is 5.51. The van der Waals surface area contributed by atoms with Crippen molar-refractivity contribution >= 4 is 0 Å². The van der Waals surface area contributed by atoms with E-state index >= 15 is 0 Å². The van der Waals surface area contributed by atoms with Gasteiger partial charge in [0.2, 0.25) is 0 Å². The number of hydrogen-bond acceptors (Lipinski definition) is 3. The van der Waals surface area contributed by atoms with Gasteiger partial charge in [0.25, 0.3) is 0 Å². The van der Waals surface area contributed by atoms with E-state index in [0.29, 0.717) is 0 Å². The van der Waals surface area contributed by atoms with Crippen molar-refractivity contribution in [1.29, 1.82) is 0 Å². The smallest absolute Gasteiger partial charge is 0.0235 e. The van der Waals surface area contributed by atoms with Crippen molar-refractivity contribution < 1.29 is 0 Å². The van der Waals surface area contributed by atoms with Gasteiger partial charge < -0.3 is 10.6 Å². The van der Waals surface area contributed by atoms with Gasteiger partial charge in [-0.25, -0.2) is 0 Å². The van der Waals surface area contributed by atoms with Crippen molar-refractivity contribution in [2.24, 2.45) is 11.7 Å². The molecule has 0 aromatic rings. The minimum Gasteiger partial charge on any atom is -0.330 e. The van der Waals surface area contributed by atoms with Gasteiger partial charge in [0.1, 0.15) is 0 Å². The molecule has 3 nitrogen and oxygen atoms in total. The van der Waals surface area contributed by atoms with Crippen LogP contribution in [0.3, 0.4) is 0 Å². The molecule has 3 heteroatoms. The molecule has 0 aromatic heterocycles. The standard InChI is InChI=1S/C18H37N3/c1-2-7-17(9-11-19)8-6-12-20-15-10-18(16-20)21-13-4-3-5-14-21/h17-18H,2-16,19H2,1H3. The number of nitrogens with two attached hydrogens (primary N) is 1. The monoisotopic (exact) mass is 295 g/mol. The highest BCUT2D eigenvalue weighted by molar-refractivity contribution is 4.84. The summed E-state index contributed by atoms with van der Waals surface area (Å²) < 4.78 is 0. The summed E-state index contributed by atoms with van der Waals surface area (Å²) >= 11 is 0. The predicted molar refractivity (Wildman–Crippen MR) is 91.6 cm³/mol. The van der Waals surface area contributed by atoms with Crippen molar-refractivity contribution in [2.45, 2.75) is 70.8 Å².